The van der Waals surface area contributed by atoms with E-state index in [2.05, 4.69) is 15.0 Å². The van der Waals surface area contributed by atoms with Crippen LogP contribution in [0.5, 0.6) is 5.88 Å². The summed E-state index contributed by atoms with van der Waals surface area (Å²) in [4.78, 5) is 15.1. The molecule has 0 saturated carbocycles. The lowest BCUT2D eigenvalue weighted by molar-refractivity contribution is -0.154. The first-order chi connectivity index (χ1) is 8.81. The number of nitrogens with zero attached hydrogens (tertiary/aromatic N) is 1. The van der Waals surface area contributed by atoms with Gasteiger partial charge in [-0.3, -0.25) is 4.79 Å². The molecule has 0 fully saturated rings. The van der Waals surface area contributed by atoms with Gasteiger partial charge >= 0.3 is 6.18 Å². The van der Waals surface area contributed by atoms with Gasteiger partial charge in [-0.25, -0.2) is 4.98 Å². The van der Waals surface area contributed by atoms with Crippen molar-refractivity contribution in [2.75, 3.05) is 11.9 Å². The summed E-state index contributed by atoms with van der Waals surface area (Å²) in [6.07, 6.45) is -2.74. The Kier molecular flexibility index (Phi) is 5.11. The number of hydrogen-bond donors (Lipinski definition) is 2. The van der Waals surface area contributed by atoms with Crippen LogP contribution in [-0.4, -0.2) is 29.7 Å². The lowest BCUT2D eigenvalue weighted by Crippen LogP contribution is -2.34. The molecular weight excluding hydrogens is 263 g/mol. The van der Waals surface area contributed by atoms with E-state index in [9.17, 15) is 18.0 Å². The summed E-state index contributed by atoms with van der Waals surface area (Å²) in [5.74, 6) is -0.552. The van der Waals surface area contributed by atoms with Crippen LogP contribution in [0.25, 0.3) is 0 Å². The molecule has 0 spiro atoms. The van der Waals surface area contributed by atoms with Crippen molar-refractivity contribution in [2.45, 2.75) is 25.6 Å². The van der Waals surface area contributed by atoms with Crippen LogP contribution in [0.4, 0.5) is 18.9 Å². The Hall–Kier alpha value is -1.83. The molecule has 5 nitrogen and oxygen atoms in total. The van der Waals surface area contributed by atoms with Crippen molar-refractivity contribution in [3.63, 3.8) is 0 Å². The highest BCUT2D eigenvalue weighted by Crippen LogP contribution is 2.18. The van der Waals surface area contributed by atoms with Gasteiger partial charge in [-0.1, -0.05) is 6.92 Å². The average Bonchev–Trinajstić information content (AvgIpc) is 2.36. The molecule has 0 aliphatic heterocycles. The molecule has 3 N–H and O–H groups in total. The van der Waals surface area contributed by atoms with E-state index >= 15 is 0 Å². The van der Waals surface area contributed by atoms with Crippen LogP contribution in [0, 0.1) is 0 Å². The second-order valence-corrected chi connectivity index (χ2v) is 3.79. The zero-order chi connectivity index (χ0) is 14.5. The average molecular weight is 277 g/mol. The molecule has 1 aromatic heterocycles. The first kappa shape index (κ1) is 15.2. The Balaban J connectivity index is 2.54. The molecule has 1 rings (SSSR count). The third kappa shape index (κ3) is 5.56. The van der Waals surface area contributed by atoms with E-state index in [1.807, 2.05) is 0 Å². The fourth-order valence-corrected chi connectivity index (χ4v) is 1.12. The predicted octanol–water partition coefficient (Wildman–Crippen LogP) is 1.70. The van der Waals surface area contributed by atoms with Crippen molar-refractivity contribution >= 4 is 11.6 Å². The standard InChI is InChI=1S/C11H14F3N3O2/c1-2-8(15)10(18)17-7-3-4-9(16-5-7)19-6-11(12,13)14/h3-5,8H,2,6,15H2,1H3,(H,17,18). The normalized spacial score (nSPS) is 12.9. The number of aromatic nitrogens is 1. The van der Waals surface area contributed by atoms with Gasteiger partial charge < -0.3 is 15.8 Å². The Morgan fingerprint density at radius 3 is 2.68 bits per heavy atom. The van der Waals surface area contributed by atoms with Crippen LogP contribution in [0.3, 0.4) is 0 Å². The molecular formula is C11H14F3N3O2. The van der Waals surface area contributed by atoms with Gasteiger partial charge in [0.2, 0.25) is 11.8 Å². The Bertz CT molecular complexity index is 420. The topological polar surface area (TPSA) is 77.2 Å². The second-order valence-electron chi connectivity index (χ2n) is 3.79. The van der Waals surface area contributed by atoms with Crippen molar-refractivity contribution < 1.29 is 22.7 Å². The van der Waals surface area contributed by atoms with Crippen LogP contribution in [0.2, 0.25) is 0 Å². The maximum atomic E-state index is 11.9. The SMILES string of the molecule is CCC(N)C(=O)Nc1ccc(OCC(F)(F)F)nc1. The number of amides is 1. The molecule has 1 unspecified atom stereocenters. The van der Waals surface area contributed by atoms with Crippen LogP contribution in [-0.2, 0) is 4.79 Å². The molecule has 8 heteroatoms. The quantitative estimate of drug-likeness (QED) is 0.858. The minimum Gasteiger partial charge on any atom is -0.468 e. The number of nitrogens with two attached hydrogens (primary N) is 1. The molecule has 0 radical (unpaired) electrons. The molecule has 0 aliphatic rings. The summed E-state index contributed by atoms with van der Waals surface area (Å²) < 4.78 is 40.1. The van der Waals surface area contributed by atoms with E-state index in [4.69, 9.17) is 5.73 Å². The van der Waals surface area contributed by atoms with E-state index < -0.39 is 18.8 Å². The number of halogens is 3. The number of ether oxygens (including phenoxy) is 1. The van der Waals surface area contributed by atoms with E-state index in [-0.39, 0.29) is 11.8 Å². The molecule has 0 aromatic carbocycles. The van der Waals surface area contributed by atoms with Gasteiger partial charge in [-0.2, -0.15) is 13.2 Å². The maximum Gasteiger partial charge on any atom is 0.422 e. The third-order valence-electron chi connectivity index (χ3n) is 2.16. The molecule has 0 bridgehead atoms. The summed E-state index contributed by atoms with van der Waals surface area (Å²) >= 11 is 0. The smallest absolute Gasteiger partial charge is 0.422 e. The number of nitrogens with one attached hydrogen (secondary N) is 1. The summed E-state index contributed by atoms with van der Waals surface area (Å²) in [6.45, 7) is 0.350. The van der Waals surface area contributed by atoms with E-state index in [1.54, 1.807) is 6.92 Å². The highest BCUT2D eigenvalue weighted by atomic mass is 19.4. The van der Waals surface area contributed by atoms with E-state index in [1.165, 1.54) is 18.3 Å². The third-order valence-corrected chi connectivity index (χ3v) is 2.16. The highest BCUT2D eigenvalue weighted by Gasteiger charge is 2.28. The summed E-state index contributed by atoms with van der Waals surface area (Å²) in [7, 11) is 0. The fraction of sp³-hybridized carbons (Fsp3) is 0.455. The number of carbonyl (C=O) groups excluding carboxylic acids is 1. The number of hydrogen-bond acceptors (Lipinski definition) is 4. The van der Waals surface area contributed by atoms with Crippen LogP contribution >= 0.6 is 0 Å². The second kappa shape index (κ2) is 6.37. The number of anilines is 1. The minimum absolute atomic E-state index is 0.171. The lowest BCUT2D eigenvalue weighted by Gasteiger charge is -2.11. The van der Waals surface area contributed by atoms with Gasteiger partial charge in [0.15, 0.2) is 6.61 Å². The molecule has 1 heterocycles. The maximum absolute atomic E-state index is 11.9. The Morgan fingerprint density at radius 1 is 1.53 bits per heavy atom. The van der Waals surface area contributed by atoms with Crippen molar-refractivity contribution in [3.8, 4) is 5.88 Å². The first-order valence-electron chi connectivity index (χ1n) is 5.54. The van der Waals surface area contributed by atoms with Crippen molar-refractivity contribution in [1.29, 1.82) is 0 Å². The Labute approximate surface area is 108 Å². The van der Waals surface area contributed by atoms with E-state index in [0.717, 1.165) is 0 Å². The predicted molar refractivity (Wildman–Crippen MR) is 62.7 cm³/mol. The minimum atomic E-state index is -4.41. The zero-order valence-corrected chi connectivity index (χ0v) is 10.2. The van der Waals surface area contributed by atoms with Crippen molar-refractivity contribution in [1.82, 2.24) is 4.98 Å². The van der Waals surface area contributed by atoms with Gasteiger partial charge in [0.25, 0.3) is 0 Å². The zero-order valence-electron chi connectivity index (χ0n) is 10.2. The number of pyridine rings is 1. The first-order valence-corrected chi connectivity index (χ1v) is 5.54. The van der Waals surface area contributed by atoms with Crippen LogP contribution < -0.4 is 15.8 Å². The largest absolute Gasteiger partial charge is 0.468 e. The molecule has 0 saturated heterocycles. The molecule has 1 atom stereocenters. The molecule has 1 aromatic rings. The van der Waals surface area contributed by atoms with Gasteiger partial charge in [-0.15, -0.1) is 0 Å². The van der Waals surface area contributed by atoms with Gasteiger partial charge in [0, 0.05) is 6.07 Å². The molecule has 19 heavy (non-hydrogen) atoms. The van der Waals surface area contributed by atoms with Gasteiger partial charge in [0.05, 0.1) is 17.9 Å². The number of rotatable bonds is 5. The monoisotopic (exact) mass is 277 g/mol. The Morgan fingerprint density at radius 2 is 2.21 bits per heavy atom. The fourth-order valence-electron chi connectivity index (χ4n) is 1.12. The number of carbonyl (C=O) groups is 1. The van der Waals surface area contributed by atoms with Crippen LogP contribution in [0.1, 0.15) is 13.3 Å². The summed E-state index contributed by atoms with van der Waals surface area (Å²) in [5.41, 5.74) is 5.85. The molecule has 0 aliphatic carbocycles. The summed E-state index contributed by atoms with van der Waals surface area (Å²) in [6, 6.07) is 1.99. The van der Waals surface area contributed by atoms with Crippen molar-refractivity contribution in [3.05, 3.63) is 18.3 Å². The van der Waals surface area contributed by atoms with Crippen LogP contribution in [0.15, 0.2) is 18.3 Å². The summed E-state index contributed by atoms with van der Waals surface area (Å²) in [5, 5.41) is 2.49. The van der Waals surface area contributed by atoms with Gasteiger partial charge in [0.1, 0.15) is 0 Å². The highest BCUT2D eigenvalue weighted by molar-refractivity contribution is 5.94. The van der Waals surface area contributed by atoms with E-state index in [0.29, 0.717) is 12.1 Å². The lowest BCUT2D eigenvalue weighted by atomic mass is 10.2. The number of alkyl halides is 3. The van der Waals surface area contributed by atoms with Gasteiger partial charge in [-0.05, 0) is 12.5 Å². The van der Waals surface area contributed by atoms with Crippen molar-refractivity contribution in [2.24, 2.45) is 5.73 Å². The molecule has 106 valence electrons. The molecule has 1 amide bonds.